The zero-order valence-electron chi connectivity index (χ0n) is 22.3. The molecule has 3 N–H and O–H groups in total. The van der Waals surface area contributed by atoms with Crippen LogP contribution in [0.3, 0.4) is 0 Å². The van der Waals surface area contributed by atoms with Crippen molar-refractivity contribution in [3.8, 4) is 5.88 Å². The maximum absolute atomic E-state index is 13.1. The summed E-state index contributed by atoms with van der Waals surface area (Å²) >= 11 is 0. The van der Waals surface area contributed by atoms with Gasteiger partial charge in [0, 0.05) is 31.4 Å². The molecule has 1 fully saturated rings. The molecule has 1 aliphatic carbocycles. The maximum atomic E-state index is 13.1. The molecule has 15 heteroatoms. The number of alkyl carbamates (subject to hydrolysis) is 1. The average molecular weight is 565 g/mol. The molecule has 3 aromatic rings. The summed E-state index contributed by atoms with van der Waals surface area (Å²) in [7, 11) is 0. The number of fused-ring (bicyclic) bond motifs is 1. The minimum atomic E-state index is -4.69. The summed E-state index contributed by atoms with van der Waals surface area (Å²) in [6.07, 6.45) is -1.51. The van der Waals surface area contributed by atoms with Gasteiger partial charge in [-0.3, -0.25) is 4.79 Å². The van der Waals surface area contributed by atoms with Crippen LogP contribution in [-0.4, -0.2) is 67.6 Å². The van der Waals surface area contributed by atoms with Crippen LogP contribution in [0.15, 0.2) is 30.5 Å². The number of alkyl halides is 3. The number of hydrogen-bond acceptors (Lipinski definition) is 9. The molecular formula is C25H31F3N8O4. The third kappa shape index (κ3) is 7.93. The first-order valence-corrected chi connectivity index (χ1v) is 12.8. The van der Waals surface area contributed by atoms with Crippen molar-refractivity contribution >= 4 is 23.5 Å². The molecule has 0 aliphatic heterocycles. The third-order valence-electron chi connectivity index (χ3n) is 5.91. The Morgan fingerprint density at radius 1 is 1.02 bits per heavy atom. The van der Waals surface area contributed by atoms with E-state index < -0.39 is 23.7 Å². The molecule has 0 bridgehead atoms. The molecule has 0 spiro atoms. The topological polar surface area (TPSA) is 145 Å². The van der Waals surface area contributed by atoms with Crippen LogP contribution in [0.1, 0.15) is 62.6 Å². The first-order valence-electron chi connectivity index (χ1n) is 12.8. The van der Waals surface area contributed by atoms with E-state index >= 15 is 0 Å². The van der Waals surface area contributed by atoms with Crippen molar-refractivity contribution in [2.24, 2.45) is 0 Å². The summed E-state index contributed by atoms with van der Waals surface area (Å²) in [5.41, 5.74) is -0.190. The predicted molar refractivity (Wildman–Crippen MR) is 137 cm³/mol. The number of anilines is 1. The molecule has 0 aromatic carbocycles. The molecule has 40 heavy (non-hydrogen) atoms. The van der Waals surface area contributed by atoms with Crippen LogP contribution in [0.5, 0.6) is 5.88 Å². The van der Waals surface area contributed by atoms with E-state index in [2.05, 4.69) is 36.2 Å². The Labute approximate surface area is 228 Å². The normalized spacial score (nSPS) is 17.8. The molecule has 1 aliphatic rings. The van der Waals surface area contributed by atoms with Crippen molar-refractivity contribution in [3.63, 3.8) is 0 Å². The number of rotatable bonds is 8. The van der Waals surface area contributed by atoms with E-state index in [0.29, 0.717) is 54.7 Å². The van der Waals surface area contributed by atoms with Gasteiger partial charge in [0.05, 0.1) is 5.56 Å². The number of nitrogens with one attached hydrogen (secondary N) is 3. The quantitative estimate of drug-likeness (QED) is 0.350. The molecule has 4 rings (SSSR count). The lowest BCUT2D eigenvalue weighted by Gasteiger charge is -2.29. The Morgan fingerprint density at radius 2 is 1.77 bits per heavy atom. The zero-order chi connectivity index (χ0) is 28.9. The molecule has 0 radical (unpaired) electrons. The van der Waals surface area contributed by atoms with Gasteiger partial charge in [0.2, 0.25) is 5.88 Å². The fourth-order valence-electron chi connectivity index (χ4n) is 4.08. The Balaban J connectivity index is 1.19. The number of pyridine rings is 1. The maximum Gasteiger partial charge on any atom is 0.453 e. The van der Waals surface area contributed by atoms with E-state index in [4.69, 9.17) is 9.47 Å². The van der Waals surface area contributed by atoms with E-state index in [1.165, 1.54) is 18.3 Å². The highest BCUT2D eigenvalue weighted by Gasteiger charge is 2.38. The van der Waals surface area contributed by atoms with Crippen LogP contribution in [0, 0.1) is 0 Å². The highest BCUT2D eigenvalue weighted by molar-refractivity contribution is 5.94. The minimum absolute atomic E-state index is 0.0281. The lowest BCUT2D eigenvalue weighted by atomic mass is 9.92. The smallest absolute Gasteiger partial charge is 0.453 e. The van der Waals surface area contributed by atoms with Crippen LogP contribution in [0.4, 0.5) is 23.8 Å². The molecule has 2 amide bonds. The van der Waals surface area contributed by atoms with Gasteiger partial charge in [-0.05, 0) is 64.7 Å². The van der Waals surface area contributed by atoms with Crippen molar-refractivity contribution in [3.05, 3.63) is 41.9 Å². The SMILES string of the molecule is CC(C)(C)OC(=O)NCCNc1ccc(C(=O)NC2CCC(Oc3ccc4nnc(C(F)(F)F)n4n3)CC2)cn1. The van der Waals surface area contributed by atoms with E-state index in [9.17, 15) is 22.8 Å². The highest BCUT2D eigenvalue weighted by Crippen LogP contribution is 2.28. The Kier molecular flexibility index (Phi) is 8.59. The number of carbonyl (C=O) groups is 2. The van der Waals surface area contributed by atoms with E-state index in [1.807, 2.05) is 0 Å². The van der Waals surface area contributed by atoms with Crippen molar-refractivity contribution < 1.29 is 32.2 Å². The van der Waals surface area contributed by atoms with Gasteiger partial charge in [-0.1, -0.05) is 0 Å². The van der Waals surface area contributed by atoms with Crippen molar-refractivity contribution in [2.75, 3.05) is 18.4 Å². The zero-order valence-corrected chi connectivity index (χ0v) is 22.3. The number of halogens is 3. The summed E-state index contributed by atoms with van der Waals surface area (Å²) in [5, 5.41) is 19.2. The highest BCUT2D eigenvalue weighted by atomic mass is 19.4. The molecule has 0 atom stereocenters. The summed E-state index contributed by atoms with van der Waals surface area (Å²) in [4.78, 5) is 28.6. The first kappa shape index (κ1) is 28.8. The molecular weight excluding hydrogens is 533 g/mol. The largest absolute Gasteiger partial charge is 0.473 e. The molecule has 0 saturated heterocycles. The van der Waals surface area contributed by atoms with Crippen molar-refractivity contribution in [1.82, 2.24) is 35.4 Å². The number of amides is 2. The molecule has 3 aromatic heterocycles. The van der Waals surface area contributed by atoms with Crippen LogP contribution < -0.4 is 20.7 Å². The second-order valence-corrected chi connectivity index (χ2v) is 10.3. The number of aromatic nitrogens is 5. The molecule has 3 heterocycles. The van der Waals surface area contributed by atoms with Crippen molar-refractivity contribution in [1.29, 1.82) is 0 Å². The van der Waals surface area contributed by atoms with E-state index in [-0.39, 0.29) is 29.6 Å². The van der Waals surface area contributed by atoms with Gasteiger partial charge in [0.1, 0.15) is 17.5 Å². The van der Waals surface area contributed by atoms with Gasteiger partial charge in [-0.15, -0.1) is 15.3 Å². The van der Waals surface area contributed by atoms with Gasteiger partial charge in [-0.25, -0.2) is 9.78 Å². The molecule has 1 saturated carbocycles. The monoisotopic (exact) mass is 564 g/mol. The average Bonchev–Trinajstić information content (AvgIpc) is 3.31. The second kappa shape index (κ2) is 11.9. The summed E-state index contributed by atoms with van der Waals surface area (Å²) < 4.78 is 50.9. The lowest BCUT2D eigenvalue weighted by molar-refractivity contribution is -0.146. The van der Waals surface area contributed by atoms with Crippen LogP contribution in [0.2, 0.25) is 0 Å². The van der Waals surface area contributed by atoms with E-state index in [0.717, 1.165) is 0 Å². The van der Waals surface area contributed by atoms with Crippen LogP contribution in [0.25, 0.3) is 5.65 Å². The van der Waals surface area contributed by atoms with Gasteiger partial charge in [0.15, 0.2) is 5.65 Å². The fraction of sp³-hybridized carbons (Fsp3) is 0.520. The van der Waals surface area contributed by atoms with Gasteiger partial charge in [0.25, 0.3) is 11.7 Å². The molecule has 12 nitrogen and oxygen atoms in total. The predicted octanol–water partition coefficient (Wildman–Crippen LogP) is 3.59. The summed E-state index contributed by atoms with van der Waals surface area (Å²) in [6, 6.07) is 6.08. The number of hydrogen-bond donors (Lipinski definition) is 3. The van der Waals surface area contributed by atoms with Gasteiger partial charge >= 0.3 is 12.3 Å². The van der Waals surface area contributed by atoms with E-state index in [1.54, 1.807) is 32.9 Å². The molecule has 216 valence electrons. The molecule has 0 unspecified atom stereocenters. The van der Waals surface area contributed by atoms with Gasteiger partial charge in [-0.2, -0.15) is 17.7 Å². The van der Waals surface area contributed by atoms with Crippen LogP contribution >= 0.6 is 0 Å². The Hall–Kier alpha value is -4.17. The Bertz CT molecular complexity index is 1320. The van der Waals surface area contributed by atoms with Gasteiger partial charge < -0.3 is 25.4 Å². The number of ether oxygens (including phenoxy) is 2. The summed E-state index contributed by atoms with van der Waals surface area (Å²) in [6.45, 7) is 6.12. The third-order valence-corrected chi connectivity index (χ3v) is 5.91. The number of nitrogens with zero attached hydrogens (tertiary/aromatic N) is 5. The second-order valence-electron chi connectivity index (χ2n) is 10.3. The Morgan fingerprint density at radius 3 is 2.42 bits per heavy atom. The lowest BCUT2D eigenvalue weighted by Crippen LogP contribution is -2.39. The minimum Gasteiger partial charge on any atom is -0.473 e. The summed E-state index contributed by atoms with van der Waals surface area (Å²) in [5.74, 6) is -0.867. The number of carbonyl (C=O) groups excluding carboxylic acids is 2. The standard InChI is InChI=1S/C25H31F3N8O4/c1-24(2,3)40-23(38)30-13-12-29-18-9-4-15(14-31-18)21(37)32-16-5-7-17(8-6-16)39-20-11-10-19-33-34-22(25(26,27)28)36(19)35-20/h4,9-11,14,16-17H,5-8,12-13H2,1-3H3,(H,29,31)(H,30,38)(H,32,37). The van der Waals surface area contributed by atoms with Crippen molar-refractivity contribution in [2.45, 2.75) is 70.4 Å². The van der Waals surface area contributed by atoms with Crippen LogP contribution in [-0.2, 0) is 10.9 Å². The first-order chi connectivity index (χ1) is 18.9. The fourth-order valence-corrected chi connectivity index (χ4v) is 4.08.